The fourth-order valence-corrected chi connectivity index (χ4v) is 1.36. The van der Waals surface area contributed by atoms with Crippen molar-refractivity contribution in [3.05, 3.63) is 17.2 Å². The molecular weight excluding hydrogens is 265 g/mol. The molecular formula is C11H13F3N2O3. The molecule has 0 amide bonds. The monoisotopic (exact) mass is 278 g/mol. The first kappa shape index (κ1) is 15.1. The van der Waals surface area contributed by atoms with Crippen LogP contribution in [0.2, 0.25) is 0 Å². The standard InChI is InChI=1S/C11H13F3N2O3/c1-3-4-15-8-6(10(18)19-2)5-7(9(17)16-8)11(12,13)14/h5H,3-4H2,1-2H3,(H2,15,16,17). The number of nitrogens with zero attached hydrogens (tertiary/aromatic N) is 1. The number of rotatable bonds is 4. The number of carbonyl (C=O) groups is 1. The SMILES string of the molecule is CCCNc1nc(O)c(C(F)(F)F)cc1C(=O)OC. The largest absolute Gasteiger partial charge is 0.493 e. The molecule has 0 bridgehead atoms. The fraction of sp³-hybridized carbons (Fsp3) is 0.455. The van der Waals surface area contributed by atoms with Crippen molar-refractivity contribution < 1.29 is 27.8 Å². The Hall–Kier alpha value is -1.99. The molecule has 5 nitrogen and oxygen atoms in total. The Kier molecular flexibility index (Phi) is 4.57. The Morgan fingerprint density at radius 2 is 2.16 bits per heavy atom. The van der Waals surface area contributed by atoms with E-state index in [1.165, 1.54) is 0 Å². The van der Waals surface area contributed by atoms with Crippen molar-refractivity contribution in [2.45, 2.75) is 19.5 Å². The summed E-state index contributed by atoms with van der Waals surface area (Å²) in [7, 11) is 1.05. The van der Waals surface area contributed by atoms with Crippen molar-refractivity contribution in [3.8, 4) is 5.88 Å². The van der Waals surface area contributed by atoms with Crippen molar-refractivity contribution in [1.29, 1.82) is 0 Å². The van der Waals surface area contributed by atoms with Crippen LogP contribution in [0.15, 0.2) is 6.07 Å². The van der Waals surface area contributed by atoms with Gasteiger partial charge in [-0.1, -0.05) is 6.92 Å². The first-order valence-electron chi connectivity index (χ1n) is 5.44. The normalized spacial score (nSPS) is 11.2. The van der Waals surface area contributed by atoms with E-state index in [0.717, 1.165) is 7.11 Å². The van der Waals surface area contributed by atoms with Gasteiger partial charge in [0.05, 0.1) is 7.11 Å². The number of methoxy groups -OCH3 is 1. The van der Waals surface area contributed by atoms with E-state index in [1.54, 1.807) is 0 Å². The molecule has 0 fully saturated rings. The number of aromatic hydroxyl groups is 1. The zero-order valence-electron chi connectivity index (χ0n) is 10.3. The second-order valence-electron chi connectivity index (χ2n) is 3.67. The number of alkyl halides is 3. The van der Waals surface area contributed by atoms with E-state index in [-0.39, 0.29) is 11.4 Å². The Labute approximate surface area is 107 Å². The van der Waals surface area contributed by atoms with Crippen LogP contribution in [0, 0.1) is 0 Å². The van der Waals surface area contributed by atoms with E-state index < -0.39 is 23.6 Å². The van der Waals surface area contributed by atoms with Crippen molar-refractivity contribution in [3.63, 3.8) is 0 Å². The maximum atomic E-state index is 12.6. The number of ether oxygens (including phenoxy) is 1. The lowest BCUT2D eigenvalue weighted by Crippen LogP contribution is -2.14. The number of pyridine rings is 1. The van der Waals surface area contributed by atoms with Gasteiger partial charge in [-0.15, -0.1) is 0 Å². The number of carbonyl (C=O) groups excluding carboxylic acids is 1. The highest BCUT2D eigenvalue weighted by Crippen LogP contribution is 2.36. The molecule has 19 heavy (non-hydrogen) atoms. The van der Waals surface area contributed by atoms with E-state index in [1.807, 2.05) is 6.92 Å². The lowest BCUT2D eigenvalue weighted by molar-refractivity contribution is -0.139. The third kappa shape index (κ3) is 3.49. The molecule has 0 aliphatic heterocycles. The molecule has 0 aliphatic carbocycles. The number of halogens is 3. The van der Waals surface area contributed by atoms with Gasteiger partial charge in [0, 0.05) is 6.54 Å². The van der Waals surface area contributed by atoms with Crippen molar-refractivity contribution in [1.82, 2.24) is 4.98 Å². The van der Waals surface area contributed by atoms with Crippen LogP contribution in [-0.4, -0.2) is 29.7 Å². The van der Waals surface area contributed by atoms with Gasteiger partial charge in [0.2, 0.25) is 5.88 Å². The zero-order chi connectivity index (χ0) is 14.6. The number of hydrogen-bond donors (Lipinski definition) is 2. The maximum absolute atomic E-state index is 12.6. The minimum absolute atomic E-state index is 0.140. The summed E-state index contributed by atoms with van der Waals surface area (Å²) in [5.74, 6) is -2.28. The highest BCUT2D eigenvalue weighted by molar-refractivity contribution is 5.95. The van der Waals surface area contributed by atoms with Gasteiger partial charge in [-0.25, -0.2) is 4.79 Å². The first-order valence-corrected chi connectivity index (χ1v) is 5.44. The van der Waals surface area contributed by atoms with Crippen LogP contribution in [0.5, 0.6) is 5.88 Å². The van der Waals surface area contributed by atoms with E-state index in [0.29, 0.717) is 19.0 Å². The second kappa shape index (κ2) is 5.77. The van der Waals surface area contributed by atoms with Gasteiger partial charge < -0.3 is 15.2 Å². The Morgan fingerprint density at radius 1 is 1.53 bits per heavy atom. The van der Waals surface area contributed by atoms with Crippen molar-refractivity contribution >= 4 is 11.8 Å². The smallest absolute Gasteiger partial charge is 0.421 e. The summed E-state index contributed by atoms with van der Waals surface area (Å²) < 4.78 is 42.2. The first-order chi connectivity index (χ1) is 8.81. The van der Waals surface area contributed by atoms with Gasteiger partial charge in [0.1, 0.15) is 16.9 Å². The van der Waals surface area contributed by atoms with Crippen LogP contribution in [0.25, 0.3) is 0 Å². The minimum Gasteiger partial charge on any atom is -0.493 e. The van der Waals surface area contributed by atoms with Crippen LogP contribution in [0.1, 0.15) is 29.3 Å². The molecule has 0 saturated heterocycles. The molecule has 1 rings (SSSR count). The van der Waals surface area contributed by atoms with Gasteiger partial charge in [-0.05, 0) is 12.5 Å². The quantitative estimate of drug-likeness (QED) is 0.827. The van der Waals surface area contributed by atoms with Gasteiger partial charge >= 0.3 is 12.1 Å². The zero-order valence-corrected chi connectivity index (χ0v) is 10.3. The van der Waals surface area contributed by atoms with E-state index in [2.05, 4.69) is 15.0 Å². The highest BCUT2D eigenvalue weighted by atomic mass is 19.4. The van der Waals surface area contributed by atoms with Crippen LogP contribution in [0.3, 0.4) is 0 Å². The minimum atomic E-state index is -4.80. The third-order valence-electron chi connectivity index (χ3n) is 2.26. The van der Waals surface area contributed by atoms with Crippen LogP contribution in [0.4, 0.5) is 19.0 Å². The van der Waals surface area contributed by atoms with E-state index in [4.69, 9.17) is 0 Å². The fourth-order valence-electron chi connectivity index (χ4n) is 1.36. The average Bonchev–Trinajstić information content (AvgIpc) is 2.33. The molecule has 1 aromatic rings. The lowest BCUT2D eigenvalue weighted by atomic mass is 10.1. The molecule has 0 spiro atoms. The summed E-state index contributed by atoms with van der Waals surface area (Å²) in [6, 6.07) is 0.520. The summed E-state index contributed by atoms with van der Waals surface area (Å²) in [5, 5.41) is 11.9. The Balaban J connectivity index is 3.32. The molecule has 8 heteroatoms. The summed E-state index contributed by atoms with van der Waals surface area (Å²) in [5.41, 5.74) is -1.75. The predicted molar refractivity (Wildman–Crippen MR) is 61.0 cm³/mol. The number of hydrogen-bond acceptors (Lipinski definition) is 5. The predicted octanol–water partition coefficient (Wildman–Crippen LogP) is 2.41. The summed E-state index contributed by atoms with van der Waals surface area (Å²) in [4.78, 5) is 14.8. The van der Waals surface area contributed by atoms with Gasteiger partial charge in [0.25, 0.3) is 0 Å². The lowest BCUT2D eigenvalue weighted by Gasteiger charge is -2.14. The summed E-state index contributed by atoms with van der Waals surface area (Å²) in [6.45, 7) is 2.22. The van der Waals surface area contributed by atoms with Gasteiger partial charge in [-0.3, -0.25) is 0 Å². The number of nitrogens with one attached hydrogen (secondary N) is 1. The number of esters is 1. The van der Waals surface area contributed by atoms with Crippen molar-refractivity contribution in [2.24, 2.45) is 0 Å². The molecule has 0 saturated carbocycles. The molecule has 2 N–H and O–H groups in total. The second-order valence-corrected chi connectivity index (χ2v) is 3.67. The Morgan fingerprint density at radius 3 is 2.63 bits per heavy atom. The van der Waals surface area contributed by atoms with Crippen LogP contribution >= 0.6 is 0 Å². The average molecular weight is 278 g/mol. The molecule has 1 aromatic heterocycles. The molecule has 0 atom stereocenters. The molecule has 0 aromatic carbocycles. The number of aromatic nitrogens is 1. The maximum Gasteiger partial charge on any atom is 0.421 e. The van der Waals surface area contributed by atoms with Crippen LogP contribution in [-0.2, 0) is 10.9 Å². The number of anilines is 1. The van der Waals surface area contributed by atoms with Gasteiger partial charge in [0.15, 0.2) is 0 Å². The molecule has 0 unspecified atom stereocenters. The van der Waals surface area contributed by atoms with Gasteiger partial charge in [-0.2, -0.15) is 18.2 Å². The third-order valence-corrected chi connectivity index (χ3v) is 2.26. The Bertz CT molecular complexity index is 475. The molecule has 0 radical (unpaired) electrons. The summed E-state index contributed by atoms with van der Waals surface area (Å²) in [6.07, 6.45) is -4.13. The molecule has 1 heterocycles. The van der Waals surface area contributed by atoms with E-state index in [9.17, 15) is 23.1 Å². The molecule has 106 valence electrons. The molecule has 0 aliphatic rings. The van der Waals surface area contributed by atoms with Crippen molar-refractivity contribution in [2.75, 3.05) is 19.0 Å². The van der Waals surface area contributed by atoms with Crippen LogP contribution < -0.4 is 5.32 Å². The summed E-state index contributed by atoms with van der Waals surface area (Å²) >= 11 is 0. The highest BCUT2D eigenvalue weighted by Gasteiger charge is 2.36. The topological polar surface area (TPSA) is 71.5 Å². The van der Waals surface area contributed by atoms with E-state index >= 15 is 0 Å².